The lowest BCUT2D eigenvalue weighted by Crippen LogP contribution is -2.42. The largest absolute Gasteiger partial charge is 0.493 e. The first-order valence-electron chi connectivity index (χ1n) is 6.81. The monoisotopic (exact) mass is 260 g/mol. The Morgan fingerprint density at radius 3 is 2.95 bits per heavy atom. The Balaban J connectivity index is 1.88. The van der Waals surface area contributed by atoms with Crippen LogP contribution >= 0.6 is 0 Å². The minimum Gasteiger partial charge on any atom is -0.493 e. The van der Waals surface area contributed by atoms with E-state index in [2.05, 4.69) is 13.8 Å². The van der Waals surface area contributed by atoms with E-state index < -0.39 is 0 Å². The molecule has 1 aromatic rings. The Labute approximate surface area is 113 Å². The highest BCUT2D eigenvalue weighted by atomic mass is 16.5. The lowest BCUT2D eigenvalue weighted by molar-refractivity contribution is 0.0651. The molecule has 2 aliphatic heterocycles. The molecular formula is C15H20N2O2. The average Bonchev–Trinajstić information content (AvgIpc) is 2.90. The van der Waals surface area contributed by atoms with E-state index in [1.807, 2.05) is 23.1 Å². The maximum absolute atomic E-state index is 12.6. The highest BCUT2D eigenvalue weighted by molar-refractivity contribution is 5.95. The van der Waals surface area contributed by atoms with Gasteiger partial charge in [-0.1, -0.05) is 0 Å². The second-order valence-corrected chi connectivity index (χ2v) is 6.11. The smallest absolute Gasteiger partial charge is 0.254 e. The molecule has 1 atom stereocenters. The summed E-state index contributed by atoms with van der Waals surface area (Å²) >= 11 is 0. The number of nitrogens with zero attached hydrogens (tertiary/aromatic N) is 1. The van der Waals surface area contributed by atoms with E-state index >= 15 is 0 Å². The van der Waals surface area contributed by atoms with Crippen molar-refractivity contribution in [3.63, 3.8) is 0 Å². The average molecular weight is 260 g/mol. The van der Waals surface area contributed by atoms with Crippen molar-refractivity contribution in [2.24, 2.45) is 5.73 Å². The van der Waals surface area contributed by atoms with Gasteiger partial charge in [-0.25, -0.2) is 0 Å². The molecule has 0 aliphatic carbocycles. The van der Waals surface area contributed by atoms with Gasteiger partial charge in [0.25, 0.3) is 5.91 Å². The third-order valence-corrected chi connectivity index (χ3v) is 4.09. The minimum absolute atomic E-state index is 0.0765. The van der Waals surface area contributed by atoms with Crippen LogP contribution in [0.15, 0.2) is 18.2 Å². The van der Waals surface area contributed by atoms with E-state index in [4.69, 9.17) is 10.5 Å². The fourth-order valence-corrected chi connectivity index (χ4v) is 3.13. The number of likely N-dealkylation sites (tertiary alicyclic amines) is 1. The highest BCUT2D eigenvalue weighted by Gasteiger charge is 2.40. The first kappa shape index (κ1) is 12.5. The molecule has 1 fully saturated rings. The van der Waals surface area contributed by atoms with Gasteiger partial charge in [0.1, 0.15) is 5.75 Å². The molecule has 19 heavy (non-hydrogen) atoms. The van der Waals surface area contributed by atoms with Crippen LogP contribution in [0.4, 0.5) is 0 Å². The molecule has 0 saturated carbocycles. The van der Waals surface area contributed by atoms with Gasteiger partial charge in [0.05, 0.1) is 6.61 Å². The molecule has 1 amide bonds. The van der Waals surface area contributed by atoms with Gasteiger partial charge in [-0.2, -0.15) is 0 Å². The van der Waals surface area contributed by atoms with E-state index in [-0.39, 0.29) is 17.5 Å². The van der Waals surface area contributed by atoms with Gasteiger partial charge in [-0.15, -0.1) is 0 Å². The van der Waals surface area contributed by atoms with Gasteiger partial charge in [0.15, 0.2) is 0 Å². The Kier molecular flexibility index (Phi) is 2.78. The zero-order valence-electron chi connectivity index (χ0n) is 11.5. The number of carbonyl (C=O) groups excluding carboxylic acids is 1. The molecular weight excluding hydrogens is 240 g/mol. The highest BCUT2D eigenvalue weighted by Crippen LogP contribution is 2.31. The second-order valence-electron chi connectivity index (χ2n) is 6.11. The number of hydrogen-bond donors (Lipinski definition) is 1. The third kappa shape index (κ3) is 2.10. The Morgan fingerprint density at radius 2 is 2.26 bits per heavy atom. The van der Waals surface area contributed by atoms with Crippen LogP contribution in [-0.2, 0) is 6.42 Å². The molecule has 2 heterocycles. The number of rotatable bonds is 1. The van der Waals surface area contributed by atoms with Crippen LogP contribution in [0.2, 0.25) is 0 Å². The molecule has 0 bridgehead atoms. The first-order valence-corrected chi connectivity index (χ1v) is 6.81. The fraction of sp³-hybridized carbons (Fsp3) is 0.533. The van der Waals surface area contributed by atoms with Crippen LogP contribution < -0.4 is 10.5 Å². The summed E-state index contributed by atoms with van der Waals surface area (Å²) in [6, 6.07) is 5.80. The van der Waals surface area contributed by atoms with Crippen molar-refractivity contribution in [2.45, 2.75) is 38.3 Å². The standard InChI is InChI=1S/C15H20N2O2/c1-15(2)8-12(16)9-17(15)14(18)11-3-4-13-10(7-11)5-6-19-13/h3-4,7,12H,5-6,8-9,16H2,1-2H3. The van der Waals surface area contributed by atoms with Crippen molar-refractivity contribution >= 4 is 5.91 Å². The van der Waals surface area contributed by atoms with Gasteiger partial charge < -0.3 is 15.4 Å². The zero-order valence-corrected chi connectivity index (χ0v) is 11.5. The zero-order chi connectivity index (χ0) is 13.6. The summed E-state index contributed by atoms with van der Waals surface area (Å²) < 4.78 is 5.47. The summed E-state index contributed by atoms with van der Waals surface area (Å²) in [5, 5.41) is 0. The number of nitrogens with two attached hydrogens (primary N) is 1. The molecule has 1 unspecified atom stereocenters. The molecule has 102 valence electrons. The minimum atomic E-state index is -0.161. The van der Waals surface area contributed by atoms with Gasteiger partial charge >= 0.3 is 0 Å². The topological polar surface area (TPSA) is 55.6 Å². The van der Waals surface area contributed by atoms with Crippen LogP contribution in [0.25, 0.3) is 0 Å². The number of ether oxygens (including phenoxy) is 1. The molecule has 4 nitrogen and oxygen atoms in total. The Morgan fingerprint density at radius 1 is 1.47 bits per heavy atom. The van der Waals surface area contributed by atoms with Gasteiger partial charge in [-0.05, 0) is 44.0 Å². The normalized spacial score (nSPS) is 24.2. The number of amides is 1. The van der Waals surface area contributed by atoms with Crippen LogP contribution in [0.3, 0.4) is 0 Å². The summed E-state index contributed by atoms with van der Waals surface area (Å²) in [4.78, 5) is 14.5. The Hall–Kier alpha value is -1.55. The number of fused-ring (bicyclic) bond motifs is 1. The summed E-state index contributed by atoms with van der Waals surface area (Å²) in [5.41, 5.74) is 7.71. The molecule has 0 spiro atoms. The van der Waals surface area contributed by atoms with E-state index in [1.54, 1.807) is 0 Å². The van der Waals surface area contributed by atoms with Crippen molar-refractivity contribution in [2.75, 3.05) is 13.2 Å². The predicted octanol–water partition coefficient (Wildman–Crippen LogP) is 1.57. The number of carbonyl (C=O) groups is 1. The summed E-state index contributed by atoms with van der Waals surface area (Å²) in [6.45, 7) is 5.51. The maximum Gasteiger partial charge on any atom is 0.254 e. The molecule has 2 aliphatic rings. The summed E-state index contributed by atoms with van der Waals surface area (Å²) in [6.07, 6.45) is 1.74. The second kappa shape index (κ2) is 4.23. The summed E-state index contributed by atoms with van der Waals surface area (Å²) in [7, 11) is 0. The first-order chi connectivity index (χ1) is 8.97. The third-order valence-electron chi connectivity index (χ3n) is 4.09. The molecule has 2 N–H and O–H groups in total. The van der Waals surface area contributed by atoms with Crippen LogP contribution in [-0.4, -0.2) is 35.5 Å². The van der Waals surface area contributed by atoms with Crippen LogP contribution in [0.5, 0.6) is 5.75 Å². The maximum atomic E-state index is 12.6. The lowest BCUT2D eigenvalue weighted by Gasteiger charge is -2.31. The molecule has 1 saturated heterocycles. The predicted molar refractivity (Wildman–Crippen MR) is 73.3 cm³/mol. The molecule has 0 aromatic heterocycles. The quantitative estimate of drug-likeness (QED) is 0.834. The number of hydrogen-bond acceptors (Lipinski definition) is 3. The molecule has 4 heteroatoms. The van der Waals surface area contributed by atoms with Crippen LogP contribution in [0, 0.1) is 0 Å². The van der Waals surface area contributed by atoms with Crippen molar-refractivity contribution < 1.29 is 9.53 Å². The van der Waals surface area contributed by atoms with Gasteiger partial charge in [-0.3, -0.25) is 4.79 Å². The van der Waals surface area contributed by atoms with Crippen molar-refractivity contribution in [1.29, 1.82) is 0 Å². The van der Waals surface area contributed by atoms with E-state index in [9.17, 15) is 4.79 Å². The molecule has 1 aromatic carbocycles. The number of benzene rings is 1. The van der Waals surface area contributed by atoms with Gasteiger partial charge in [0.2, 0.25) is 0 Å². The van der Waals surface area contributed by atoms with Crippen molar-refractivity contribution in [3.05, 3.63) is 29.3 Å². The van der Waals surface area contributed by atoms with E-state index in [0.717, 1.165) is 29.7 Å². The molecule has 0 radical (unpaired) electrons. The fourth-order valence-electron chi connectivity index (χ4n) is 3.13. The van der Waals surface area contributed by atoms with Crippen molar-refractivity contribution in [1.82, 2.24) is 4.90 Å². The summed E-state index contributed by atoms with van der Waals surface area (Å²) in [5.74, 6) is 0.988. The SMILES string of the molecule is CC1(C)CC(N)CN1C(=O)c1ccc2c(c1)CCO2. The van der Waals surface area contributed by atoms with Gasteiger partial charge in [0, 0.05) is 30.1 Å². The van der Waals surface area contributed by atoms with Crippen molar-refractivity contribution in [3.8, 4) is 5.75 Å². The Bertz CT molecular complexity index is 525. The van der Waals surface area contributed by atoms with E-state index in [1.165, 1.54) is 0 Å². The molecule has 3 rings (SSSR count). The van der Waals surface area contributed by atoms with Crippen LogP contribution in [0.1, 0.15) is 36.2 Å². The van der Waals surface area contributed by atoms with E-state index in [0.29, 0.717) is 13.2 Å². The lowest BCUT2D eigenvalue weighted by atomic mass is 9.99.